The normalized spacial score (nSPS) is 16.8. The van der Waals surface area contributed by atoms with Gasteiger partial charge < -0.3 is 0 Å². The van der Waals surface area contributed by atoms with Gasteiger partial charge in [-0.1, -0.05) is 36.7 Å². The summed E-state index contributed by atoms with van der Waals surface area (Å²) >= 11 is 6.20. The molecule has 6 nitrogen and oxygen atoms in total. The Labute approximate surface area is 168 Å². The lowest BCUT2D eigenvalue weighted by atomic mass is 9.97. The van der Waals surface area contributed by atoms with E-state index in [0.717, 1.165) is 6.26 Å². The van der Waals surface area contributed by atoms with Crippen LogP contribution in [0.3, 0.4) is 0 Å². The highest BCUT2D eigenvalue weighted by Gasteiger charge is 2.35. The molecule has 0 saturated heterocycles. The molecule has 0 aromatic heterocycles. The zero-order valence-electron chi connectivity index (χ0n) is 15.3. The van der Waals surface area contributed by atoms with Crippen LogP contribution in [0.1, 0.15) is 36.9 Å². The fourth-order valence-corrected chi connectivity index (χ4v) is 3.93. The molecule has 9 heteroatoms. The Bertz CT molecular complexity index is 1020. The molecule has 0 aliphatic carbocycles. The molecular weight excluding hydrogens is 405 g/mol. The van der Waals surface area contributed by atoms with Crippen molar-refractivity contribution >= 4 is 38.9 Å². The number of hydrazone groups is 1. The molecule has 2 aromatic rings. The summed E-state index contributed by atoms with van der Waals surface area (Å²) in [4.78, 5) is 12.4. The van der Waals surface area contributed by atoms with Gasteiger partial charge in [-0.15, -0.1) is 0 Å². The maximum absolute atomic E-state index is 14.4. The molecule has 0 unspecified atom stereocenters. The number of halogens is 2. The molecule has 0 fully saturated rings. The van der Waals surface area contributed by atoms with Gasteiger partial charge in [0.05, 0.1) is 18.0 Å². The van der Waals surface area contributed by atoms with E-state index >= 15 is 0 Å². The molecule has 0 radical (unpaired) electrons. The number of anilines is 1. The highest BCUT2D eigenvalue weighted by Crippen LogP contribution is 2.38. The molecule has 1 heterocycles. The number of rotatable bonds is 5. The van der Waals surface area contributed by atoms with Crippen molar-refractivity contribution < 1.29 is 17.6 Å². The van der Waals surface area contributed by atoms with Gasteiger partial charge in [0.15, 0.2) is 0 Å². The van der Waals surface area contributed by atoms with Gasteiger partial charge in [0.2, 0.25) is 15.9 Å². The summed E-state index contributed by atoms with van der Waals surface area (Å²) in [6.45, 7) is 1.71. The van der Waals surface area contributed by atoms with Crippen LogP contribution in [0.15, 0.2) is 47.6 Å². The van der Waals surface area contributed by atoms with Gasteiger partial charge in [-0.3, -0.25) is 9.52 Å². The van der Waals surface area contributed by atoms with Crippen LogP contribution >= 0.6 is 11.6 Å². The Hall–Kier alpha value is -2.45. The van der Waals surface area contributed by atoms with Crippen LogP contribution in [0.2, 0.25) is 5.02 Å². The van der Waals surface area contributed by atoms with Gasteiger partial charge in [-0.05, 0) is 29.8 Å². The number of hydrogen-bond donors (Lipinski definition) is 1. The lowest BCUT2D eigenvalue weighted by Crippen LogP contribution is -2.27. The van der Waals surface area contributed by atoms with E-state index in [9.17, 15) is 17.6 Å². The van der Waals surface area contributed by atoms with E-state index in [0.29, 0.717) is 23.4 Å². The van der Waals surface area contributed by atoms with Crippen molar-refractivity contribution in [2.45, 2.75) is 25.8 Å². The van der Waals surface area contributed by atoms with E-state index in [4.69, 9.17) is 11.6 Å². The van der Waals surface area contributed by atoms with Crippen molar-refractivity contribution in [2.24, 2.45) is 5.10 Å². The standard InChI is InChI=1S/C19H19ClFN3O3S/c1-3-18(25)24-17(19-14(20)5-4-6-15(19)21)11-16(22-24)12-7-9-13(10-8-12)23-28(2,26)27/h4-10,17,23H,3,11H2,1-2H3/t17-/m0/s1. The van der Waals surface area contributed by atoms with Gasteiger partial charge >= 0.3 is 0 Å². The van der Waals surface area contributed by atoms with E-state index in [1.807, 2.05) is 0 Å². The third-order valence-corrected chi connectivity index (χ3v) is 5.26. The average Bonchev–Trinajstić information content (AvgIpc) is 3.05. The van der Waals surface area contributed by atoms with Gasteiger partial charge in [0.25, 0.3) is 0 Å². The SMILES string of the molecule is CCC(=O)N1N=C(c2ccc(NS(C)(=O)=O)cc2)C[C@H]1c1c(F)cccc1Cl. The van der Waals surface area contributed by atoms with E-state index in [1.54, 1.807) is 37.3 Å². The van der Waals surface area contributed by atoms with Crippen LogP contribution in [0, 0.1) is 5.82 Å². The minimum atomic E-state index is -3.38. The Kier molecular flexibility index (Phi) is 5.71. The molecule has 0 spiro atoms. The second kappa shape index (κ2) is 7.89. The van der Waals surface area contributed by atoms with Gasteiger partial charge in [-0.2, -0.15) is 5.10 Å². The summed E-state index contributed by atoms with van der Waals surface area (Å²) in [6, 6.07) is 10.4. The van der Waals surface area contributed by atoms with E-state index in [2.05, 4.69) is 9.82 Å². The highest BCUT2D eigenvalue weighted by molar-refractivity contribution is 7.92. The molecule has 0 bridgehead atoms. The Balaban J connectivity index is 1.94. The smallest absolute Gasteiger partial charge is 0.242 e. The summed E-state index contributed by atoms with van der Waals surface area (Å²) in [7, 11) is -3.38. The number of hydrogen-bond acceptors (Lipinski definition) is 4. The van der Waals surface area contributed by atoms with Gasteiger partial charge in [0, 0.05) is 29.1 Å². The van der Waals surface area contributed by atoms with E-state index < -0.39 is 21.9 Å². The van der Waals surface area contributed by atoms with Crippen LogP contribution in [-0.4, -0.2) is 31.3 Å². The van der Waals surface area contributed by atoms with Crippen molar-refractivity contribution in [2.75, 3.05) is 11.0 Å². The topological polar surface area (TPSA) is 78.8 Å². The summed E-state index contributed by atoms with van der Waals surface area (Å²) in [5, 5.41) is 5.93. The summed E-state index contributed by atoms with van der Waals surface area (Å²) in [5.74, 6) is -0.731. The second-order valence-corrected chi connectivity index (χ2v) is 8.60. The quantitative estimate of drug-likeness (QED) is 0.791. The number of benzene rings is 2. The monoisotopic (exact) mass is 423 g/mol. The lowest BCUT2D eigenvalue weighted by Gasteiger charge is -2.22. The van der Waals surface area contributed by atoms with Gasteiger partial charge in [0.1, 0.15) is 5.82 Å². The zero-order chi connectivity index (χ0) is 20.5. The van der Waals surface area contributed by atoms with E-state index in [-0.39, 0.29) is 22.9 Å². The highest BCUT2D eigenvalue weighted by atomic mass is 35.5. The molecule has 1 aliphatic rings. The molecule has 2 aromatic carbocycles. The number of nitrogens with one attached hydrogen (secondary N) is 1. The molecule has 148 valence electrons. The van der Waals surface area contributed by atoms with Crippen LogP contribution in [-0.2, 0) is 14.8 Å². The fraction of sp³-hybridized carbons (Fsp3) is 0.263. The van der Waals surface area contributed by atoms with Crippen molar-refractivity contribution in [3.8, 4) is 0 Å². The molecule has 0 saturated carbocycles. The number of amides is 1. The van der Waals surface area contributed by atoms with Crippen LogP contribution in [0.4, 0.5) is 10.1 Å². The third kappa shape index (κ3) is 4.34. The Morgan fingerprint density at radius 3 is 2.54 bits per heavy atom. The fourth-order valence-electron chi connectivity index (χ4n) is 3.08. The minimum absolute atomic E-state index is 0.219. The Morgan fingerprint density at radius 1 is 1.29 bits per heavy atom. The number of sulfonamides is 1. The number of carbonyl (C=O) groups is 1. The van der Waals surface area contributed by atoms with Crippen LogP contribution in [0.25, 0.3) is 0 Å². The predicted octanol–water partition coefficient (Wildman–Crippen LogP) is 3.94. The first-order valence-electron chi connectivity index (χ1n) is 8.61. The van der Waals surface area contributed by atoms with Crippen molar-refractivity contribution in [1.82, 2.24) is 5.01 Å². The lowest BCUT2D eigenvalue weighted by molar-refractivity contribution is -0.132. The molecular formula is C19H19ClFN3O3S. The molecule has 28 heavy (non-hydrogen) atoms. The average molecular weight is 424 g/mol. The molecule has 1 amide bonds. The first-order valence-corrected chi connectivity index (χ1v) is 10.9. The van der Waals surface area contributed by atoms with E-state index in [1.165, 1.54) is 17.1 Å². The molecule has 1 atom stereocenters. The maximum atomic E-state index is 14.4. The molecule has 3 rings (SSSR count). The second-order valence-electron chi connectivity index (χ2n) is 6.45. The van der Waals surface area contributed by atoms with Crippen molar-refractivity contribution in [3.05, 3.63) is 64.4 Å². The van der Waals surface area contributed by atoms with Crippen LogP contribution in [0.5, 0.6) is 0 Å². The molecule has 1 N–H and O–H groups in total. The predicted molar refractivity (Wildman–Crippen MR) is 107 cm³/mol. The zero-order valence-corrected chi connectivity index (χ0v) is 16.9. The Morgan fingerprint density at radius 2 is 1.96 bits per heavy atom. The van der Waals surface area contributed by atoms with Crippen molar-refractivity contribution in [3.63, 3.8) is 0 Å². The first kappa shape index (κ1) is 20.3. The largest absolute Gasteiger partial charge is 0.284 e. The maximum Gasteiger partial charge on any atom is 0.242 e. The van der Waals surface area contributed by atoms with Gasteiger partial charge in [-0.25, -0.2) is 17.8 Å². The summed E-state index contributed by atoms with van der Waals surface area (Å²) in [6.07, 6.45) is 1.58. The first-order chi connectivity index (χ1) is 13.2. The number of nitrogens with zero attached hydrogens (tertiary/aromatic N) is 2. The summed E-state index contributed by atoms with van der Waals surface area (Å²) < 4.78 is 39.5. The van der Waals surface area contributed by atoms with Crippen LogP contribution < -0.4 is 4.72 Å². The third-order valence-electron chi connectivity index (χ3n) is 4.32. The van der Waals surface area contributed by atoms with Crippen molar-refractivity contribution in [1.29, 1.82) is 0 Å². The summed E-state index contributed by atoms with van der Waals surface area (Å²) in [5.41, 5.74) is 1.96. The molecule has 1 aliphatic heterocycles. The minimum Gasteiger partial charge on any atom is -0.284 e. The number of carbonyl (C=O) groups excluding carboxylic acids is 1.